The highest BCUT2D eigenvalue weighted by molar-refractivity contribution is 14.0. The second-order valence-corrected chi connectivity index (χ2v) is 7.32. The van der Waals surface area contributed by atoms with E-state index in [-0.39, 0.29) is 35.9 Å². The zero-order valence-corrected chi connectivity index (χ0v) is 18.4. The van der Waals surface area contributed by atoms with Crippen LogP contribution in [0.5, 0.6) is 0 Å². The third-order valence-corrected chi connectivity index (χ3v) is 5.28. The number of hydrogen-bond acceptors (Lipinski definition) is 3. The topological polar surface area (TPSA) is 59.9 Å². The zero-order valence-electron chi connectivity index (χ0n) is 16.1. The molecule has 1 saturated heterocycles. The van der Waals surface area contributed by atoms with Crippen molar-refractivity contribution in [1.29, 1.82) is 0 Å². The van der Waals surface area contributed by atoms with E-state index in [0.717, 1.165) is 18.1 Å². The molecule has 0 aromatic heterocycles. The van der Waals surface area contributed by atoms with Crippen molar-refractivity contribution in [3.63, 3.8) is 0 Å². The molecule has 3 N–H and O–H groups in total. The van der Waals surface area contributed by atoms with Gasteiger partial charge in [0.05, 0.1) is 18.3 Å². The second-order valence-electron chi connectivity index (χ2n) is 7.32. The lowest BCUT2D eigenvalue weighted by molar-refractivity contribution is 0.145. The van der Waals surface area contributed by atoms with E-state index in [0.29, 0.717) is 44.2 Å². The molecule has 3 rings (SSSR count). The second kappa shape index (κ2) is 11.0. The van der Waals surface area contributed by atoms with Crippen molar-refractivity contribution >= 4 is 35.6 Å². The van der Waals surface area contributed by atoms with Gasteiger partial charge >= 0.3 is 0 Å². The fourth-order valence-electron chi connectivity index (χ4n) is 3.77. The third kappa shape index (κ3) is 6.48. The average molecular weight is 490 g/mol. The van der Waals surface area contributed by atoms with E-state index in [1.54, 1.807) is 6.07 Å². The number of halogens is 2. The fourth-order valence-corrected chi connectivity index (χ4v) is 3.77. The van der Waals surface area contributed by atoms with Gasteiger partial charge in [0.2, 0.25) is 0 Å². The van der Waals surface area contributed by atoms with Crippen LogP contribution in [0, 0.1) is 5.82 Å². The van der Waals surface area contributed by atoms with Gasteiger partial charge in [0.15, 0.2) is 5.96 Å². The summed E-state index contributed by atoms with van der Waals surface area (Å²) in [5.41, 5.74) is 1.49. The minimum Gasteiger partial charge on any atom is -0.393 e. The molecule has 0 unspecified atom stereocenters. The molecule has 1 aliphatic heterocycles. The highest BCUT2D eigenvalue weighted by Crippen LogP contribution is 2.24. The molecule has 1 heterocycles. The smallest absolute Gasteiger partial charge is 0.191 e. The number of rotatable bonds is 5. The van der Waals surface area contributed by atoms with Crippen LogP contribution in [0.1, 0.15) is 51.0 Å². The molecule has 0 bridgehead atoms. The van der Waals surface area contributed by atoms with E-state index in [9.17, 15) is 9.50 Å². The first-order valence-electron chi connectivity index (χ1n) is 9.92. The molecule has 7 heteroatoms. The van der Waals surface area contributed by atoms with Crippen molar-refractivity contribution in [3.05, 3.63) is 29.6 Å². The zero-order chi connectivity index (χ0) is 18.4. The lowest BCUT2D eigenvalue weighted by Crippen LogP contribution is -2.42. The standard InChI is InChI=1S/C20H31FN4O.HI/c1-2-22-20(24-16-5-3-4-6-16)23-14-15-7-8-19(18(21)13-15)25-11-9-17(26)10-12-25;/h7-8,13,16-17,26H,2-6,9-12,14H2,1H3,(H2,22,23,24);1H. The number of benzene rings is 1. The van der Waals surface area contributed by atoms with Gasteiger partial charge in [-0.05, 0) is 50.3 Å². The van der Waals surface area contributed by atoms with Crippen molar-refractivity contribution in [2.45, 2.75) is 64.1 Å². The minimum atomic E-state index is -0.250. The lowest BCUT2D eigenvalue weighted by atomic mass is 10.1. The van der Waals surface area contributed by atoms with E-state index >= 15 is 0 Å². The number of nitrogens with zero attached hydrogens (tertiary/aromatic N) is 2. The largest absolute Gasteiger partial charge is 0.393 e. The molecule has 0 spiro atoms. The number of aliphatic hydroxyl groups is 1. The number of aliphatic hydroxyl groups excluding tert-OH is 1. The Morgan fingerprint density at radius 2 is 1.93 bits per heavy atom. The van der Waals surface area contributed by atoms with Crippen LogP contribution in [0.25, 0.3) is 0 Å². The molecule has 1 aliphatic carbocycles. The molecule has 0 radical (unpaired) electrons. The summed E-state index contributed by atoms with van der Waals surface area (Å²) in [5.74, 6) is 0.608. The van der Waals surface area contributed by atoms with Crippen LogP contribution in [-0.4, -0.2) is 42.8 Å². The van der Waals surface area contributed by atoms with Crippen LogP contribution >= 0.6 is 24.0 Å². The maximum atomic E-state index is 14.5. The van der Waals surface area contributed by atoms with Crippen LogP contribution in [0.2, 0.25) is 0 Å². The summed E-state index contributed by atoms with van der Waals surface area (Å²) in [6.45, 7) is 4.72. The number of aliphatic imine (C=N–C) groups is 1. The highest BCUT2D eigenvalue weighted by Gasteiger charge is 2.20. The number of anilines is 1. The quantitative estimate of drug-likeness (QED) is 0.337. The van der Waals surface area contributed by atoms with Crippen LogP contribution in [0.4, 0.5) is 10.1 Å². The monoisotopic (exact) mass is 490 g/mol. The predicted octanol–water partition coefficient (Wildman–Crippen LogP) is 3.40. The Bertz CT molecular complexity index is 614. The Hall–Kier alpha value is -1.09. The van der Waals surface area contributed by atoms with Crippen LogP contribution in [0.15, 0.2) is 23.2 Å². The molecule has 2 aliphatic rings. The minimum absolute atomic E-state index is 0. The van der Waals surface area contributed by atoms with Gasteiger partial charge in [-0.25, -0.2) is 9.38 Å². The molecule has 1 aromatic rings. The first-order chi connectivity index (χ1) is 12.7. The number of nitrogens with one attached hydrogen (secondary N) is 2. The molecule has 1 saturated carbocycles. The molecular weight excluding hydrogens is 458 g/mol. The van der Waals surface area contributed by atoms with E-state index in [1.807, 2.05) is 17.0 Å². The van der Waals surface area contributed by atoms with Crippen molar-refractivity contribution in [1.82, 2.24) is 10.6 Å². The van der Waals surface area contributed by atoms with Crippen LogP contribution < -0.4 is 15.5 Å². The molecule has 0 amide bonds. The summed E-state index contributed by atoms with van der Waals surface area (Å²) in [4.78, 5) is 6.64. The summed E-state index contributed by atoms with van der Waals surface area (Å²) in [6, 6.07) is 5.88. The van der Waals surface area contributed by atoms with Crippen LogP contribution in [-0.2, 0) is 6.54 Å². The Morgan fingerprint density at radius 3 is 2.56 bits per heavy atom. The number of piperidine rings is 1. The van der Waals surface area contributed by atoms with Gasteiger partial charge < -0.3 is 20.6 Å². The Labute approximate surface area is 178 Å². The molecule has 0 atom stereocenters. The maximum Gasteiger partial charge on any atom is 0.191 e. The van der Waals surface area contributed by atoms with Gasteiger partial charge in [-0.2, -0.15) is 0 Å². The first kappa shape index (κ1) is 22.2. The van der Waals surface area contributed by atoms with Gasteiger partial charge in [0.1, 0.15) is 5.82 Å². The van der Waals surface area contributed by atoms with E-state index in [4.69, 9.17) is 0 Å². The highest BCUT2D eigenvalue weighted by atomic mass is 127. The number of guanidine groups is 1. The summed E-state index contributed by atoms with van der Waals surface area (Å²) in [6.07, 6.45) is 6.08. The van der Waals surface area contributed by atoms with Gasteiger partial charge in [0, 0.05) is 25.7 Å². The van der Waals surface area contributed by atoms with Gasteiger partial charge in [-0.3, -0.25) is 0 Å². The Balaban J connectivity index is 0.00000261. The van der Waals surface area contributed by atoms with E-state index in [1.165, 1.54) is 25.7 Å². The SMILES string of the molecule is CCNC(=NCc1ccc(N2CCC(O)CC2)c(F)c1)NC1CCCC1.I. The molecule has 2 fully saturated rings. The third-order valence-electron chi connectivity index (χ3n) is 5.28. The molecule has 27 heavy (non-hydrogen) atoms. The van der Waals surface area contributed by atoms with Gasteiger partial charge in [-0.1, -0.05) is 18.9 Å². The van der Waals surface area contributed by atoms with Crippen LogP contribution in [0.3, 0.4) is 0 Å². The normalized spacial score (nSPS) is 19.1. The summed E-state index contributed by atoms with van der Waals surface area (Å²) >= 11 is 0. The van der Waals surface area contributed by atoms with Crippen molar-refractivity contribution in [2.75, 3.05) is 24.5 Å². The summed E-state index contributed by atoms with van der Waals surface area (Å²) < 4.78 is 14.5. The van der Waals surface area contributed by atoms with E-state index < -0.39 is 0 Å². The summed E-state index contributed by atoms with van der Waals surface area (Å²) in [5, 5.41) is 16.4. The first-order valence-corrected chi connectivity index (χ1v) is 9.92. The fraction of sp³-hybridized carbons (Fsp3) is 0.650. The molecule has 5 nitrogen and oxygen atoms in total. The van der Waals surface area contributed by atoms with Gasteiger partial charge in [0.25, 0.3) is 0 Å². The van der Waals surface area contributed by atoms with Crippen molar-refractivity contribution < 1.29 is 9.50 Å². The van der Waals surface area contributed by atoms with Crippen molar-refractivity contribution in [3.8, 4) is 0 Å². The lowest BCUT2D eigenvalue weighted by Gasteiger charge is -2.31. The molecule has 1 aromatic carbocycles. The molecule has 152 valence electrons. The predicted molar refractivity (Wildman–Crippen MR) is 119 cm³/mol. The Morgan fingerprint density at radius 1 is 1.22 bits per heavy atom. The van der Waals surface area contributed by atoms with E-state index in [2.05, 4.69) is 22.5 Å². The Kier molecular flexibility index (Phi) is 9.08. The van der Waals surface area contributed by atoms with Gasteiger partial charge in [-0.15, -0.1) is 24.0 Å². The maximum absolute atomic E-state index is 14.5. The summed E-state index contributed by atoms with van der Waals surface area (Å²) in [7, 11) is 0. The molecular formula is C20H32FIN4O. The number of hydrogen-bond donors (Lipinski definition) is 3. The van der Waals surface area contributed by atoms with Crippen molar-refractivity contribution in [2.24, 2.45) is 4.99 Å². The average Bonchev–Trinajstić information content (AvgIpc) is 3.14.